The third kappa shape index (κ3) is 0.722. The molecule has 4 heteroatoms. The number of rotatable bonds is 0. The van der Waals surface area contributed by atoms with Crippen LogP contribution in [0.5, 0.6) is 0 Å². The number of carbonyl (C=O) groups is 1. The summed E-state index contributed by atoms with van der Waals surface area (Å²) < 4.78 is 4.84. The third-order valence-electron chi connectivity index (χ3n) is 3.06. The number of carbonyl (C=O) groups excluding carboxylic acids is 1. The second kappa shape index (κ2) is 2.00. The maximum absolute atomic E-state index is 11.0. The predicted molar refractivity (Wildman–Crippen MR) is 40.9 cm³/mol. The molecule has 12 heavy (non-hydrogen) atoms. The minimum atomic E-state index is -0.468. The first-order valence-electron chi connectivity index (χ1n) is 3.98. The van der Waals surface area contributed by atoms with Crippen molar-refractivity contribution in [2.75, 3.05) is 6.61 Å². The smallest absolute Gasteiger partial charge is 0.356 e. The van der Waals surface area contributed by atoms with E-state index in [2.05, 4.69) is 19.0 Å². The molecule has 0 amide bonds. The van der Waals surface area contributed by atoms with Crippen molar-refractivity contribution in [2.24, 2.45) is 22.4 Å². The molecule has 4 nitrogen and oxygen atoms in total. The highest BCUT2D eigenvalue weighted by molar-refractivity contribution is 6.38. The topological polar surface area (TPSA) is 58.9 Å². The van der Waals surface area contributed by atoms with E-state index >= 15 is 0 Å². The second-order valence-corrected chi connectivity index (χ2v) is 3.99. The zero-order chi connectivity index (χ0) is 8.93. The Labute approximate surface area is 70.2 Å². The molecule has 1 heterocycles. The van der Waals surface area contributed by atoms with Gasteiger partial charge in [0.05, 0.1) is 6.61 Å². The lowest BCUT2D eigenvalue weighted by molar-refractivity contribution is -0.137. The molecule has 1 saturated heterocycles. The van der Waals surface area contributed by atoms with E-state index in [1.54, 1.807) is 0 Å². The molecule has 1 N–H and O–H groups in total. The Morgan fingerprint density at radius 2 is 2.33 bits per heavy atom. The van der Waals surface area contributed by atoms with Gasteiger partial charge in [0.2, 0.25) is 0 Å². The van der Waals surface area contributed by atoms with E-state index in [0.29, 0.717) is 12.5 Å². The van der Waals surface area contributed by atoms with Crippen LogP contribution in [-0.2, 0) is 9.53 Å². The average Bonchev–Trinajstić information content (AvgIpc) is 2.55. The van der Waals surface area contributed by atoms with Crippen LogP contribution in [0.1, 0.15) is 13.8 Å². The Bertz CT molecular complexity index is 269. The van der Waals surface area contributed by atoms with Crippen LogP contribution in [0.25, 0.3) is 0 Å². The molecular weight excluding hydrogens is 158 g/mol. The number of nitrogens with zero attached hydrogens (tertiary/aromatic N) is 1. The number of ether oxygens (including phenoxy) is 1. The molecule has 66 valence electrons. The van der Waals surface area contributed by atoms with Crippen LogP contribution in [0.15, 0.2) is 5.16 Å². The minimum Gasteiger partial charge on any atom is -0.461 e. The van der Waals surface area contributed by atoms with Gasteiger partial charge in [0, 0.05) is 11.8 Å². The highest BCUT2D eigenvalue weighted by Gasteiger charge is 2.64. The molecule has 0 bridgehead atoms. The van der Waals surface area contributed by atoms with Gasteiger partial charge in [-0.1, -0.05) is 19.0 Å². The maximum atomic E-state index is 11.0. The van der Waals surface area contributed by atoms with Gasteiger partial charge in [-0.3, -0.25) is 0 Å². The number of hydrogen-bond donors (Lipinski definition) is 1. The van der Waals surface area contributed by atoms with E-state index in [0.717, 1.165) is 0 Å². The predicted octanol–water partition coefficient (Wildman–Crippen LogP) is 0.646. The number of oxime groups is 1. The van der Waals surface area contributed by atoms with Crippen molar-refractivity contribution in [2.45, 2.75) is 13.8 Å². The maximum Gasteiger partial charge on any atom is 0.356 e. The van der Waals surface area contributed by atoms with Crippen molar-refractivity contribution in [3.63, 3.8) is 0 Å². The Kier molecular flexibility index (Phi) is 1.26. The van der Waals surface area contributed by atoms with Gasteiger partial charge in [0.15, 0.2) is 5.71 Å². The quantitative estimate of drug-likeness (QED) is 0.329. The van der Waals surface area contributed by atoms with E-state index < -0.39 is 5.97 Å². The van der Waals surface area contributed by atoms with Crippen LogP contribution < -0.4 is 0 Å². The normalized spacial score (nSPS) is 40.5. The molecule has 0 aromatic heterocycles. The molecule has 1 aliphatic heterocycles. The summed E-state index contributed by atoms with van der Waals surface area (Å²) in [6, 6.07) is 0. The van der Waals surface area contributed by atoms with Crippen molar-refractivity contribution in [1.82, 2.24) is 0 Å². The zero-order valence-electron chi connectivity index (χ0n) is 7.07. The lowest BCUT2D eigenvalue weighted by Gasteiger charge is -2.09. The first-order valence-corrected chi connectivity index (χ1v) is 3.98. The highest BCUT2D eigenvalue weighted by Crippen LogP contribution is 2.60. The molecule has 0 aromatic rings. The summed E-state index contributed by atoms with van der Waals surface area (Å²) in [6.07, 6.45) is 0. The summed E-state index contributed by atoms with van der Waals surface area (Å²) in [5.41, 5.74) is 0.254. The fourth-order valence-corrected chi connectivity index (χ4v) is 2.07. The molecule has 1 unspecified atom stereocenters. The first-order chi connectivity index (χ1) is 5.59. The van der Waals surface area contributed by atoms with Crippen molar-refractivity contribution in [3.8, 4) is 0 Å². The fourth-order valence-electron chi connectivity index (χ4n) is 2.07. The summed E-state index contributed by atoms with van der Waals surface area (Å²) in [4.78, 5) is 11.0. The van der Waals surface area contributed by atoms with Gasteiger partial charge in [-0.05, 0) is 5.41 Å². The van der Waals surface area contributed by atoms with Gasteiger partial charge in [0.1, 0.15) is 0 Å². The zero-order valence-corrected chi connectivity index (χ0v) is 7.07. The monoisotopic (exact) mass is 169 g/mol. The molecule has 0 aromatic carbocycles. The standard InChI is InChI=1S/C8H11NO3/c1-8(2)4-3-12-7(10)6(9-11)5(4)8/h4-5,11H,3H2,1-2H3/b9-6-/t4?,5-/m0/s1. The molecule has 1 aliphatic carbocycles. The Hall–Kier alpha value is -1.06. The summed E-state index contributed by atoms with van der Waals surface area (Å²) in [6.45, 7) is 4.57. The van der Waals surface area contributed by atoms with Crippen LogP contribution in [0.2, 0.25) is 0 Å². The molecule has 2 fully saturated rings. The van der Waals surface area contributed by atoms with Gasteiger partial charge in [-0.2, -0.15) is 0 Å². The van der Waals surface area contributed by atoms with Crippen LogP contribution in [-0.4, -0.2) is 23.5 Å². The Morgan fingerprint density at radius 3 is 2.83 bits per heavy atom. The van der Waals surface area contributed by atoms with Gasteiger partial charge in [-0.25, -0.2) is 4.79 Å². The first kappa shape index (κ1) is 7.58. The Balaban J connectivity index is 2.29. The number of hydrogen-bond acceptors (Lipinski definition) is 4. The van der Waals surface area contributed by atoms with Crippen molar-refractivity contribution >= 4 is 11.7 Å². The molecule has 1 saturated carbocycles. The van der Waals surface area contributed by atoms with E-state index in [-0.39, 0.29) is 17.0 Å². The minimum absolute atomic E-state index is 0.0632. The summed E-state index contributed by atoms with van der Waals surface area (Å²) >= 11 is 0. The van der Waals surface area contributed by atoms with Gasteiger partial charge in [-0.15, -0.1) is 0 Å². The van der Waals surface area contributed by atoms with Crippen LogP contribution in [0, 0.1) is 17.3 Å². The third-order valence-corrected chi connectivity index (χ3v) is 3.06. The molecule has 0 radical (unpaired) electrons. The lowest BCUT2D eigenvalue weighted by Crippen LogP contribution is -2.26. The lowest BCUT2D eigenvalue weighted by atomic mass is 10.1. The summed E-state index contributed by atoms with van der Waals surface area (Å²) in [5, 5.41) is 11.6. The van der Waals surface area contributed by atoms with E-state index in [9.17, 15) is 4.79 Å². The van der Waals surface area contributed by atoms with Crippen LogP contribution in [0.4, 0.5) is 0 Å². The summed E-state index contributed by atoms with van der Waals surface area (Å²) in [7, 11) is 0. The van der Waals surface area contributed by atoms with Crippen LogP contribution in [0.3, 0.4) is 0 Å². The number of fused-ring (bicyclic) bond motifs is 1. The second-order valence-electron chi connectivity index (χ2n) is 3.99. The molecular formula is C8H11NO3. The van der Waals surface area contributed by atoms with E-state index in [4.69, 9.17) is 9.94 Å². The molecule has 0 spiro atoms. The summed E-state index contributed by atoms with van der Waals surface area (Å²) in [5.74, 6) is -0.0193. The largest absolute Gasteiger partial charge is 0.461 e. The fraction of sp³-hybridized carbons (Fsp3) is 0.750. The molecule has 2 atom stereocenters. The van der Waals surface area contributed by atoms with Crippen molar-refractivity contribution < 1.29 is 14.7 Å². The molecule has 2 rings (SSSR count). The van der Waals surface area contributed by atoms with Gasteiger partial charge in [0.25, 0.3) is 0 Å². The SMILES string of the molecule is CC1(C)C2COC(=O)/C(=N\O)[C@H]21. The van der Waals surface area contributed by atoms with E-state index in [1.807, 2.05) is 0 Å². The number of cyclic esters (lactones) is 1. The Morgan fingerprint density at radius 1 is 1.67 bits per heavy atom. The number of esters is 1. The van der Waals surface area contributed by atoms with Gasteiger partial charge < -0.3 is 9.94 Å². The van der Waals surface area contributed by atoms with Gasteiger partial charge >= 0.3 is 5.97 Å². The van der Waals surface area contributed by atoms with Crippen molar-refractivity contribution in [3.05, 3.63) is 0 Å². The average molecular weight is 169 g/mol. The highest BCUT2D eigenvalue weighted by atomic mass is 16.5. The van der Waals surface area contributed by atoms with Crippen LogP contribution >= 0.6 is 0 Å². The van der Waals surface area contributed by atoms with Crippen molar-refractivity contribution in [1.29, 1.82) is 0 Å². The van der Waals surface area contributed by atoms with E-state index in [1.165, 1.54) is 0 Å². The molecule has 2 aliphatic rings.